The first-order valence-electron chi connectivity index (χ1n) is 6.53. The molecule has 0 N–H and O–H groups in total. The predicted molar refractivity (Wildman–Crippen MR) is 77.0 cm³/mol. The molecule has 0 spiro atoms. The lowest BCUT2D eigenvalue weighted by atomic mass is 10.1. The molecule has 3 nitrogen and oxygen atoms in total. The number of rotatable bonds is 8. The van der Waals surface area contributed by atoms with Crippen LogP contribution in [0.25, 0.3) is 0 Å². The van der Waals surface area contributed by atoms with Crippen molar-refractivity contribution in [2.45, 2.75) is 32.7 Å². The molecular weight excluding hydrogens is 240 g/mol. The lowest BCUT2D eigenvalue weighted by Gasteiger charge is -2.20. The first-order chi connectivity index (χ1) is 9.17. The van der Waals surface area contributed by atoms with E-state index in [0.29, 0.717) is 6.61 Å². The Hall–Kier alpha value is -1.16. The van der Waals surface area contributed by atoms with Crippen LogP contribution in [0.1, 0.15) is 31.9 Å². The monoisotopic (exact) mass is 264 g/mol. The Bertz CT molecular complexity index is 365. The molecule has 1 atom stereocenters. The van der Waals surface area contributed by atoms with Gasteiger partial charge in [0.05, 0.1) is 12.7 Å². The summed E-state index contributed by atoms with van der Waals surface area (Å²) in [6, 6.07) is 10.2. The lowest BCUT2D eigenvalue weighted by molar-refractivity contribution is -0.152. The van der Waals surface area contributed by atoms with Crippen molar-refractivity contribution in [2.75, 3.05) is 20.8 Å². The van der Waals surface area contributed by atoms with Gasteiger partial charge in [-0.25, -0.2) is 0 Å². The van der Waals surface area contributed by atoms with Crippen LogP contribution in [0, 0.1) is 0 Å². The Balaban J connectivity index is 2.67. The quantitative estimate of drug-likeness (QED) is 0.529. The molecule has 0 aliphatic heterocycles. The fraction of sp³-hybridized carbons (Fsp3) is 0.500. The van der Waals surface area contributed by atoms with Crippen LogP contribution in [0.15, 0.2) is 42.0 Å². The van der Waals surface area contributed by atoms with Gasteiger partial charge in [-0.1, -0.05) is 42.0 Å². The minimum Gasteiger partial charge on any atom is -0.368 e. The molecule has 0 heterocycles. The first kappa shape index (κ1) is 15.9. The fourth-order valence-electron chi connectivity index (χ4n) is 1.74. The topological polar surface area (TPSA) is 27.7 Å². The van der Waals surface area contributed by atoms with E-state index in [4.69, 9.17) is 14.2 Å². The zero-order valence-corrected chi connectivity index (χ0v) is 12.3. The Morgan fingerprint density at radius 1 is 1.11 bits per heavy atom. The minimum absolute atomic E-state index is 0.0314. The number of allylic oxidation sites excluding steroid dienone is 1. The van der Waals surface area contributed by atoms with Crippen molar-refractivity contribution in [3.63, 3.8) is 0 Å². The second-order valence-corrected chi connectivity index (χ2v) is 4.65. The molecule has 0 saturated carbocycles. The number of ether oxygens (including phenoxy) is 3. The second kappa shape index (κ2) is 8.86. The van der Waals surface area contributed by atoms with Crippen molar-refractivity contribution in [1.29, 1.82) is 0 Å². The number of hydrogen-bond acceptors (Lipinski definition) is 3. The molecule has 19 heavy (non-hydrogen) atoms. The predicted octanol–water partition coefficient (Wildman–Crippen LogP) is 3.72. The zero-order valence-electron chi connectivity index (χ0n) is 12.3. The van der Waals surface area contributed by atoms with Crippen LogP contribution in [0.3, 0.4) is 0 Å². The molecule has 1 aromatic rings. The Kier molecular flexibility index (Phi) is 7.41. The van der Waals surface area contributed by atoms with Crippen molar-refractivity contribution in [3.8, 4) is 0 Å². The van der Waals surface area contributed by atoms with Crippen molar-refractivity contribution in [1.82, 2.24) is 0 Å². The number of methoxy groups -OCH3 is 2. The average Bonchev–Trinajstić information content (AvgIpc) is 2.43. The third-order valence-electron chi connectivity index (χ3n) is 2.87. The van der Waals surface area contributed by atoms with Crippen molar-refractivity contribution >= 4 is 0 Å². The second-order valence-electron chi connectivity index (χ2n) is 4.65. The number of hydrogen-bond donors (Lipinski definition) is 0. The van der Waals surface area contributed by atoms with E-state index in [2.05, 4.69) is 32.1 Å². The largest absolute Gasteiger partial charge is 0.368 e. The summed E-state index contributed by atoms with van der Waals surface area (Å²) in [5.74, 6) is 0. The van der Waals surface area contributed by atoms with Gasteiger partial charge in [0, 0.05) is 14.2 Å². The van der Waals surface area contributed by atoms with Crippen LogP contribution in [-0.2, 0) is 14.2 Å². The molecule has 0 amide bonds. The average molecular weight is 264 g/mol. The Morgan fingerprint density at radius 3 is 2.26 bits per heavy atom. The summed E-state index contributed by atoms with van der Waals surface area (Å²) in [5.41, 5.74) is 2.46. The van der Waals surface area contributed by atoms with Crippen LogP contribution >= 0.6 is 0 Å². The van der Waals surface area contributed by atoms with E-state index in [0.717, 1.165) is 6.42 Å². The van der Waals surface area contributed by atoms with Gasteiger partial charge in [-0.2, -0.15) is 0 Å². The lowest BCUT2D eigenvalue weighted by Crippen LogP contribution is -2.21. The van der Waals surface area contributed by atoms with Crippen LogP contribution < -0.4 is 0 Å². The maximum atomic E-state index is 5.93. The van der Waals surface area contributed by atoms with Gasteiger partial charge in [-0.15, -0.1) is 0 Å². The first-order valence-corrected chi connectivity index (χ1v) is 6.53. The molecule has 106 valence electrons. The van der Waals surface area contributed by atoms with Crippen LogP contribution in [0.5, 0.6) is 0 Å². The normalized spacial score (nSPS) is 12.5. The molecule has 0 aliphatic rings. The van der Waals surface area contributed by atoms with E-state index in [1.54, 1.807) is 14.2 Å². The summed E-state index contributed by atoms with van der Waals surface area (Å²) < 4.78 is 16.2. The molecule has 0 fully saturated rings. The Labute approximate surface area is 116 Å². The van der Waals surface area contributed by atoms with Crippen molar-refractivity contribution < 1.29 is 14.2 Å². The molecule has 0 saturated heterocycles. The highest BCUT2D eigenvalue weighted by Gasteiger charge is 2.14. The van der Waals surface area contributed by atoms with Gasteiger partial charge in [0.1, 0.15) is 0 Å². The summed E-state index contributed by atoms with van der Waals surface area (Å²) in [7, 11) is 3.23. The summed E-state index contributed by atoms with van der Waals surface area (Å²) in [5, 5.41) is 0. The molecular formula is C16H24O3. The highest BCUT2D eigenvalue weighted by molar-refractivity contribution is 5.18. The summed E-state index contributed by atoms with van der Waals surface area (Å²) >= 11 is 0. The summed E-state index contributed by atoms with van der Waals surface area (Å²) in [6.07, 6.45) is 2.75. The van der Waals surface area contributed by atoms with E-state index >= 15 is 0 Å². The zero-order chi connectivity index (χ0) is 14.1. The van der Waals surface area contributed by atoms with E-state index in [9.17, 15) is 0 Å². The molecule has 0 bridgehead atoms. The SMILES string of the molecule is COC(COC(CC=C(C)C)c1ccccc1)OC. The molecule has 0 aromatic heterocycles. The van der Waals surface area contributed by atoms with E-state index in [1.807, 2.05) is 18.2 Å². The standard InChI is InChI=1S/C16H24O3/c1-13(2)10-11-15(14-8-6-5-7-9-14)19-12-16(17-3)18-4/h5-10,15-16H,11-12H2,1-4H3. The molecule has 1 aromatic carbocycles. The smallest absolute Gasteiger partial charge is 0.180 e. The van der Waals surface area contributed by atoms with Crippen LogP contribution in [0.4, 0.5) is 0 Å². The summed E-state index contributed by atoms with van der Waals surface area (Å²) in [6.45, 7) is 4.60. The van der Waals surface area contributed by atoms with Gasteiger partial charge in [-0.3, -0.25) is 0 Å². The summed E-state index contributed by atoms with van der Waals surface area (Å²) in [4.78, 5) is 0. The van der Waals surface area contributed by atoms with E-state index < -0.39 is 0 Å². The van der Waals surface area contributed by atoms with Gasteiger partial charge >= 0.3 is 0 Å². The highest BCUT2D eigenvalue weighted by atomic mass is 16.7. The van der Waals surface area contributed by atoms with Gasteiger partial charge < -0.3 is 14.2 Å². The number of benzene rings is 1. The fourth-order valence-corrected chi connectivity index (χ4v) is 1.74. The van der Waals surface area contributed by atoms with Crippen LogP contribution in [-0.4, -0.2) is 27.1 Å². The molecule has 1 rings (SSSR count). The Morgan fingerprint density at radius 2 is 1.74 bits per heavy atom. The van der Waals surface area contributed by atoms with Gasteiger partial charge in [0.25, 0.3) is 0 Å². The maximum Gasteiger partial charge on any atom is 0.180 e. The molecule has 0 aliphatic carbocycles. The third kappa shape index (κ3) is 6.01. The van der Waals surface area contributed by atoms with E-state index in [1.165, 1.54) is 11.1 Å². The molecule has 0 radical (unpaired) electrons. The maximum absolute atomic E-state index is 5.93. The van der Waals surface area contributed by atoms with Gasteiger partial charge in [-0.05, 0) is 25.8 Å². The molecule has 3 heteroatoms. The van der Waals surface area contributed by atoms with E-state index in [-0.39, 0.29) is 12.4 Å². The van der Waals surface area contributed by atoms with Crippen molar-refractivity contribution in [3.05, 3.63) is 47.5 Å². The molecule has 1 unspecified atom stereocenters. The van der Waals surface area contributed by atoms with Gasteiger partial charge in [0.15, 0.2) is 6.29 Å². The van der Waals surface area contributed by atoms with Gasteiger partial charge in [0.2, 0.25) is 0 Å². The van der Waals surface area contributed by atoms with Crippen molar-refractivity contribution in [2.24, 2.45) is 0 Å². The highest BCUT2D eigenvalue weighted by Crippen LogP contribution is 2.22. The minimum atomic E-state index is -0.321. The third-order valence-corrected chi connectivity index (χ3v) is 2.87. The van der Waals surface area contributed by atoms with Crippen LogP contribution in [0.2, 0.25) is 0 Å².